The predicted molar refractivity (Wildman–Crippen MR) is 94.0 cm³/mol. The largest absolute Gasteiger partial charge is 0.303 e. The fraction of sp³-hybridized carbons (Fsp3) is 0.133. The molecule has 3 rings (SSSR count). The van der Waals surface area contributed by atoms with E-state index in [9.17, 15) is 4.79 Å². The topological polar surface area (TPSA) is 53.8 Å². The van der Waals surface area contributed by atoms with Crippen LogP contribution in [0.3, 0.4) is 0 Å². The first kappa shape index (κ1) is 15.3. The van der Waals surface area contributed by atoms with E-state index in [1.807, 2.05) is 41.8 Å². The summed E-state index contributed by atoms with van der Waals surface area (Å²) in [7, 11) is 0. The number of amidine groups is 1. The number of carbonyl (C=O) groups excluding carboxylic acids is 1. The summed E-state index contributed by atoms with van der Waals surface area (Å²) in [6.45, 7) is 0. The normalized spacial score (nSPS) is 20.0. The third-order valence-electron chi connectivity index (χ3n) is 2.96. The highest BCUT2D eigenvalue weighted by Gasteiger charge is 2.30. The van der Waals surface area contributed by atoms with Gasteiger partial charge in [0.2, 0.25) is 5.91 Å². The van der Waals surface area contributed by atoms with Crippen LogP contribution in [0.15, 0.2) is 52.0 Å². The minimum atomic E-state index is -0.200. The molecule has 1 aromatic carbocycles. The molecule has 1 aromatic heterocycles. The lowest BCUT2D eigenvalue weighted by molar-refractivity contribution is -0.118. The van der Waals surface area contributed by atoms with Crippen LogP contribution in [-0.2, 0) is 11.2 Å². The molecule has 0 spiro atoms. The third-order valence-corrected chi connectivity index (χ3v) is 5.08. The number of rotatable bonds is 4. The van der Waals surface area contributed by atoms with Gasteiger partial charge in [0, 0.05) is 9.90 Å². The van der Waals surface area contributed by atoms with E-state index in [1.165, 1.54) is 11.8 Å². The molecule has 22 heavy (non-hydrogen) atoms. The van der Waals surface area contributed by atoms with Crippen molar-refractivity contribution in [3.8, 4) is 0 Å². The maximum Gasteiger partial charge on any atom is 0.239 e. The van der Waals surface area contributed by atoms with Crippen LogP contribution in [0.25, 0.3) is 0 Å². The summed E-state index contributed by atoms with van der Waals surface area (Å²) in [4.78, 5) is 13.0. The summed E-state index contributed by atoms with van der Waals surface area (Å²) in [6, 6.07) is 11.4. The molecule has 112 valence electrons. The average molecular weight is 350 g/mol. The van der Waals surface area contributed by atoms with Crippen molar-refractivity contribution in [2.24, 2.45) is 10.2 Å². The molecular formula is C15H12ClN3OS2. The van der Waals surface area contributed by atoms with Crippen molar-refractivity contribution in [3.05, 3.63) is 57.2 Å². The zero-order valence-corrected chi connectivity index (χ0v) is 13.8. The minimum absolute atomic E-state index is 0.0463. The Balaban J connectivity index is 1.63. The Kier molecular flexibility index (Phi) is 4.92. The summed E-state index contributed by atoms with van der Waals surface area (Å²) >= 11 is 8.94. The number of benzene rings is 1. The van der Waals surface area contributed by atoms with Gasteiger partial charge in [-0.2, -0.15) is 5.10 Å². The second-order valence-electron chi connectivity index (χ2n) is 4.59. The van der Waals surface area contributed by atoms with Crippen LogP contribution in [-0.4, -0.2) is 22.5 Å². The summed E-state index contributed by atoms with van der Waals surface area (Å²) in [5, 5.41) is 13.8. The van der Waals surface area contributed by atoms with Gasteiger partial charge in [-0.3, -0.25) is 4.79 Å². The molecule has 2 aromatic rings. The zero-order valence-electron chi connectivity index (χ0n) is 11.4. The van der Waals surface area contributed by atoms with Crippen molar-refractivity contribution in [2.75, 3.05) is 0 Å². The number of nitrogens with one attached hydrogen (secondary N) is 1. The molecule has 0 saturated carbocycles. The van der Waals surface area contributed by atoms with Crippen molar-refractivity contribution in [1.82, 2.24) is 5.32 Å². The SMILES string of the molecule is O=C1NC(=NN=Cc2cccs2)SC1Cc1cccc(Cl)c1. The summed E-state index contributed by atoms with van der Waals surface area (Å²) in [6.07, 6.45) is 2.29. The Morgan fingerprint density at radius 2 is 2.23 bits per heavy atom. The van der Waals surface area contributed by atoms with Crippen LogP contribution in [0.4, 0.5) is 0 Å². The first-order valence-electron chi connectivity index (χ1n) is 6.57. The highest BCUT2D eigenvalue weighted by molar-refractivity contribution is 8.15. The van der Waals surface area contributed by atoms with Gasteiger partial charge in [-0.25, -0.2) is 0 Å². The molecule has 4 nitrogen and oxygen atoms in total. The van der Waals surface area contributed by atoms with Crippen LogP contribution < -0.4 is 5.32 Å². The summed E-state index contributed by atoms with van der Waals surface area (Å²) < 4.78 is 0. The van der Waals surface area contributed by atoms with E-state index in [4.69, 9.17) is 11.6 Å². The van der Waals surface area contributed by atoms with E-state index in [0.29, 0.717) is 16.6 Å². The average Bonchev–Trinajstić information content (AvgIpc) is 3.10. The molecule has 1 N–H and O–H groups in total. The molecule has 1 aliphatic heterocycles. The number of carbonyl (C=O) groups is 1. The number of nitrogens with zero attached hydrogens (tertiary/aromatic N) is 2. The van der Waals surface area contributed by atoms with Gasteiger partial charge in [-0.1, -0.05) is 41.6 Å². The fourth-order valence-electron chi connectivity index (χ4n) is 1.97. The van der Waals surface area contributed by atoms with Gasteiger partial charge in [0.1, 0.15) is 0 Å². The minimum Gasteiger partial charge on any atom is -0.303 e. The van der Waals surface area contributed by atoms with Crippen LogP contribution in [0.1, 0.15) is 10.4 Å². The first-order valence-corrected chi connectivity index (χ1v) is 8.71. The van der Waals surface area contributed by atoms with Gasteiger partial charge in [0.05, 0.1) is 11.5 Å². The Hall–Kier alpha value is -1.63. The van der Waals surface area contributed by atoms with Gasteiger partial charge in [0.25, 0.3) is 0 Å². The number of hydrogen-bond donors (Lipinski definition) is 1. The molecular weight excluding hydrogens is 338 g/mol. The molecule has 1 aliphatic rings. The Labute approximate surface area is 141 Å². The molecule has 0 aliphatic carbocycles. The maximum atomic E-state index is 12.0. The highest BCUT2D eigenvalue weighted by Crippen LogP contribution is 2.24. The van der Waals surface area contributed by atoms with Crippen LogP contribution in [0.2, 0.25) is 5.02 Å². The molecule has 0 radical (unpaired) electrons. The monoisotopic (exact) mass is 349 g/mol. The molecule has 0 bridgehead atoms. The van der Waals surface area contributed by atoms with Crippen molar-refractivity contribution >= 4 is 52.0 Å². The number of halogens is 1. The van der Waals surface area contributed by atoms with Gasteiger partial charge in [0.15, 0.2) is 5.17 Å². The molecule has 1 atom stereocenters. The van der Waals surface area contributed by atoms with Crippen molar-refractivity contribution in [1.29, 1.82) is 0 Å². The van der Waals surface area contributed by atoms with E-state index < -0.39 is 0 Å². The Morgan fingerprint density at radius 3 is 3.00 bits per heavy atom. The van der Waals surface area contributed by atoms with E-state index in [-0.39, 0.29) is 11.2 Å². The van der Waals surface area contributed by atoms with E-state index in [1.54, 1.807) is 17.6 Å². The first-order chi connectivity index (χ1) is 10.7. The quantitative estimate of drug-likeness (QED) is 0.677. The molecule has 1 fully saturated rings. The van der Waals surface area contributed by atoms with Crippen molar-refractivity contribution in [3.63, 3.8) is 0 Å². The molecule has 1 saturated heterocycles. The standard InChI is InChI=1S/C15H12ClN3OS2/c16-11-4-1-3-10(7-11)8-13-14(20)18-15(22-13)19-17-9-12-5-2-6-21-12/h1-7,9,13H,8H2,(H,18,19,20). The van der Waals surface area contributed by atoms with Gasteiger partial charge < -0.3 is 5.32 Å². The summed E-state index contributed by atoms with van der Waals surface area (Å²) in [5.74, 6) is -0.0463. The second-order valence-corrected chi connectivity index (χ2v) is 7.20. The van der Waals surface area contributed by atoms with Crippen LogP contribution in [0, 0.1) is 0 Å². The van der Waals surface area contributed by atoms with Crippen LogP contribution >= 0.6 is 34.7 Å². The predicted octanol–water partition coefficient (Wildman–Crippen LogP) is 3.57. The lowest BCUT2D eigenvalue weighted by atomic mass is 10.1. The maximum absolute atomic E-state index is 12.0. The number of thiophene rings is 1. The highest BCUT2D eigenvalue weighted by atomic mass is 35.5. The van der Waals surface area contributed by atoms with Crippen molar-refractivity contribution in [2.45, 2.75) is 11.7 Å². The lowest BCUT2D eigenvalue weighted by Crippen LogP contribution is -2.25. The van der Waals surface area contributed by atoms with Crippen LogP contribution in [0.5, 0.6) is 0 Å². The van der Waals surface area contributed by atoms with E-state index >= 15 is 0 Å². The number of amides is 1. The zero-order chi connectivity index (χ0) is 15.4. The van der Waals surface area contributed by atoms with E-state index in [2.05, 4.69) is 15.5 Å². The summed E-state index contributed by atoms with van der Waals surface area (Å²) in [5.41, 5.74) is 1.03. The Bertz CT molecular complexity index is 728. The third kappa shape index (κ3) is 3.97. The van der Waals surface area contributed by atoms with E-state index in [0.717, 1.165) is 10.4 Å². The number of thioether (sulfide) groups is 1. The molecule has 7 heteroatoms. The molecule has 1 amide bonds. The Morgan fingerprint density at radius 1 is 1.32 bits per heavy atom. The lowest BCUT2D eigenvalue weighted by Gasteiger charge is -2.05. The van der Waals surface area contributed by atoms with Gasteiger partial charge in [-0.15, -0.1) is 16.4 Å². The molecule has 1 unspecified atom stereocenters. The van der Waals surface area contributed by atoms with Gasteiger partial charge in [-0.05, 0) is 35.6 Å². The van der Waals surface area contributed by atoms with Gasteiger partial charge >= 0.3 is 0 Å². The second kappa shape index (κ2) is 7.09. The molecule has 2 heterocycles. The van der Waals surface area contributed by atoms with Crippen molar-refractivity contribution < 1.29 is 4.79 Å². The smallest absolute Gasteiger partial charge is 0.239 e. The number of hydrogen-bond acceptors (Lipinski definition) is 5. The fourth-order valence-corrected chi connectivity index (χ4v) is 3.72.